The zero-order valence-corrected chi connectivity index (χ0v) is 22.0. The second kappa shape index (κ2) is 11.0. The maximum absolute atomic E-state index is 11.4. The van der Waals surface area contributed by atoms with E-state index in [4.69, 9.17) is 18.6 Å². The van der Waals surface area contributed by atoms with Crippen molar-refractivity contribution in [2.45, 2.75) is 96.2 Å². The molecule has 0 bridgehead atoms. The fourth-order valence-corrected chi connectivity index (χ4v) is 6.08. The number of fused-ring (bicyclic) bond motifs is 1. The van der Waals surface area contributed by atoms with E-state index in [2.05, 4.69) is 39.9 Å². The molecule has 5 unspecified atom stereocenters. The smallest absolute Gasteiger partial charge is 0.330 e. The highest BCUT2D eigenvalue weighted by Crippen LogP contribution is 2.48. The number of ether oxygens (including phenoxy) is 3. The molecule has 5 atom stereocenters. The monoisotopic (exact) mass is 464 g/mol. The maximum atomic E-state index is 11.4. The van der Waals surface area contributed by atoms with E-state index in [0.717, 1.165) is 45.3 Å². The lowest BCUT2D eigenvalue weighted by atomic mass is 9.78. The van der Waals surface area contributed by atoms with Crippen molar-refractivity contribution in [1.82, 2.24) is 0 Å². The van der Waals surface area contributed by atoms with Crippen molar-refractivity contribution in [3.05, 3.63) is 23.8 Å². The number of esters is 1. The summed E-state index contributed by atoms with van der Waals surface area (Å²) in [6, 6.07) is 0. The molecule has 0 N–H and O–H groups in total. The minimum atomic E-state index is -1.81. The molecule has 32 heavy (non-hydrogen) atoms. The molecule has 1 saturated heterocycles. The quantitative estimate of drug-likeness (QED) is 0.190. The lowest BCUT2D eigenvalue weighted by Crippen LogP contribution is -2.44. The first-order chi connectivity index (χ1) is 15.1. The zero-order valence-electron chi connectivity index (χ0n) is 21.0. The standard InChI is InChI=1S/C26H44O5Si/c1-26(2,3)32(5,6)30-18-22-21-14-13-19(10-9-11-24(27)28-4)16-20(21)17-23(22)31-25-12-7-8-15-29-25/h9,11,16,20-23,25H,7-8,10,12-15,17-18H2,1-6H3. The lowest BCUT2D eigenvalue weighted by Gasteiger charge is -2.39. The van der Waals surface area contributed by atoms with Crippen LogP contribution in [0.15, 0.2) is 23.8 Å². The first-order valence-corrected chi connectivity index (χ1v) is 15.4. The Morgan fingerprint density at radius 3 is 2.69 bits per heavy atom. The van der Waals surface area contributed by atoms with Crippen molar-refractivity contribution in [2.75, 3.05) is 20.3 Å². The minimum Gasteiger partial charge on any atom is -0.466 e. The Hall–Kier alpha value is -0.953. The van der Waals surface area contributed by atoms with Crippen LogP contribution in [0.5, 0.6) is 0 Å². The lowest BCUT2D eigenvalue weighted by molar-refractivity contribution is -0.197. The highest BCUT2D eigenvalue weighted by atomic mass is 28.4. The van der Waals surface area contributed by atoms with E-state index in [1.165, 1.54) is 31.6 Å². The fourth-order valence-electron chi connectivity index (χ4n) is 5.04. The van der Waals surface area contributed by atoms with E-state index in [0.29, 0.717) is 17.8 Å². The third-order valence-corrected chi connectivity index (χ3v) is 12.6. The molecule has 0 aromatic rings. The minimum absolute atomic E-state index is 0.0595. The molecular formula is C26H44O5Si. The van der Waals surface area contributed by atoms with Crippen LogP contribution < -0.4 is 0 Å². The van der Waals surface area contributed by atoms with Gasteiger partial charge in [0.25, 0.3) is 0 Å². The summed E-state index contributed by atoms with van der Waals surface area (Å²) in [6.45, 7) is 13.2. The van der Waals surface area contributed by atoms with Gasteiger partial charge >= 0.3 is 5.97 Å². The Kier molecular flexibility index (Phi) is 8.81. The van der Waals surface area contributed by atoms with Crippen LogP contribution in [0.4, 0.5) is 0 Å². The third kappa shape index (κ3) is 6.55. The third-order valence-electron chi connectivity index (χ3n) is 8.07. The zero-order chi connectivity index (χ0) is 23.4. The summed E-state index contributed by atoms with van der Waals surface area (Å²) in [6.07, 6.45) is 13.5. The largest absolute Gasteiger partial charge is 0.466 e. The van der Waals surface area contributed by atoms with E-state index in [1.54, 1.807) is 0 Å². The number of carbonyl (C=O) groups excluding carboxylic acids is 1. The van der Waals surface area contributed by atoms with E-state index < -0.39 is 8.32 Å². The van der Waals surface area contributed by atoms with Crippen molar-refractivity contribution >= 4 is 14.3 Å². The molecule has 0 spiro atoms. The number of allylic oxidation sites excluding steroid dienone is 3. The van der Waals surface area contributed by atoms with Gasteiger partial charge in [0.05, 0.1) is 13.2 Å². The Morgan fingerprint density at radius 2 is 2.03 bits per heavy atom. The molecule has 2 fully saturated rings. The van der Waals surface area contributed by atoms with Gasteiger partial charge in [0.1, 0.15) is 0 Å². The van der Waals surface area contributed by atoms with Gasteiger partial charge in [-0.05, 0) is 74.9 Å². The SMILES string of the molecule is COC(=O)C=CCC1=CC2CC(OC3CCCCO3)C(CO[Si](C)(C)C(C)(C)C)C2CC1. The van der Waals surface area contributed by atoms with Crippen LogP contribution in [-0.4, -0.2) is 47.0 Å². The second-order valence-corrected chi connectivity index (χ2v) is 16.1. The summed E-state index contributed by atoms with van der Waals surface area (Å²) in [5.74, 6) is 1.25. The number of rotatable bonds is 8. The van der Waals surface area contributed by atoms with Crippen LogP contribution >= 0.6 is 0 Å². The topological polar surface area (TPSA) is 54.0 Å². The van der Waals surface area contributed by atoms with E-state index >= 15 is 0 Å². The molecule has 0 amide bonds. The summed E-state index contributed by atoms with van der Waals surface area (Å²) >= 11 is 0. The number of hydrogen-bond acceptors (Lipinski definition) is 5. The second-order valence-electron chi connectivity index (χ2n) is 11.3. The van der Waals surface area contributed by atoms with Gasteiger partial charge in [0, 0.05) is 25.2 Å². The molecule has 2 aliphatic carbocycles. The predicted molar refractivity (Wildman–Crippen MR) is 130 cm³/mol. The molecule has 0 aromatic heterocycles. The molecular weight excluding hydrogens is 420 g/mol. The van der Waals surface area contributed by atoms with E-state index in [9.17, 15) is 4.79 Å². The average molecular weight is 465 g/mol. The van der Waals surface area contributed by atoms with E-state index in [1.807, 2.05) is 6.08 Å². The van der Waals surface area contributed by atoms with Crippen molar-refractivity contribution in [2.24, 2.45) is 17.8 Å². The normalized spacial score (nSPS) is 31.4. The molecule has 0 aromatic carbocycles. The molecule has 182 valence electrons. The predicted octanol–water partition coefficient (Wildman–Crippen LogP) is 6.01. The number of methoxy groups -OCH3 is 1. The molecule has 1 aliphatic heterocycles. The molecule has 1 saturated carbocycles. The van der Waals surface area contributed by atoms with Crippen LogP contribution in [-0.2, 0) is 23.4 Å². The number of carbonyl (C=O) groups is 1. The summed E-state index contributed by atoms with van der Waals surface area (Å²) in [7, 11) is -0.397. The molecule has 1 heterocycles. The maximum Gasteiger partial charge on any atom is 0.330 e. The Balaban J connectivity index is 1.69. The van der Waals surface area contributed by atoms with Gasteiger partial charge in [0.2, 0.25) is 0 Å². The Morgan fingerprint density at radius 1 is 1.25 bits per heavy atom. The van der Waals surface area contributed by atoms with Crippen LogP contribution in [0.1, 0.15) is 65.7 Å². The average Bonchev–Trinajstić information content (AvgIpc) is 3.08. The van der Waals surface area contributed by atoms with Crippen LogP contribution in [0.3, 0.4) is 0 Å². The van der Waals surface area contributed by atoms with Gasteiger partial charge in [-0.15, -0.1) is 0 Å². The van der Waals surface area contributed by atoms with Crippen molar-refractivity contribution in [1.29, 1.82) is 0 Å². The summed E-state index contributed by atoms with van der Waals surface area (Å²) < 4.78 is 23.9. The van der Waals surface area contributed by atoms with Crippen LogP contribution in [0.2, 0.25) is 18.1 Å². The Bertz CT molecular complexity index is 687. The van der Waals surface area contributed by atoms with Gasteiger partial charge in [-0.25, -0.2) is 4.79 Å². The summed E-state index contributed by atoms with van der Waals surface area (Å²) in [5, 5.41) is 0.208. The van der Waals surface area contributed by atoms with Crippen molar-refractivity contribution < 1.29 is 23.4 Å². The summed E-state index contributed by atoms with van der Waals surface area (Å²) in [4.78, 5) is 11.4. The highest BCUT2D eigenvalue weighted by Gasteiger charge is 2.47. The first kappa shape index (κ1) is 25.7. The first-order valence-electron chi connectivity index (χ1n) is 12.5. The van der Waals surface area contributed by atoms with E-state index in [-0.39, 0.29) is 23.4 Å². The highest BCUT2D eigenvalue weighted by molar-refractivity contribution is 6.74. The van der Waals surface area contributed by atoms with Gasteiger partial charge in [0.15, 0.2) is 14.6 Å². The summed E-state index contributed by atoms with van der Waals surface area (Å²) in [5.41, 5.74) is 1.42. The molecule has 5 nitrogen and oxygen atoms in total. The van der Waals surface area contributed by atoms with Gasteiger partial charge < -0.3 is 18.6 Å². The van der Waals surface area contributed by atoms with Gasteiger partial charge in [-0.1, -0.05) is 38.5 Å². The fraction of sp³-hybridized carbons (Fsp3) is 0.808. The molecule has 3 rings (SSSR count). The van der Waals surface area contributed by atoms with Crippen molar-refractivity contribution in [3.63, 3.8) is 0 Å². The van der Waals surface area contributed by atoms with Crippen molar-refractivity contribution in [3.8, 4) is 0 Å². The van der Waals surface area contributed by atoms with Crippen LogP contribution in [0, 0.1) is 17.8 Å². The Labute approximate surface area is 196 Å². The molecule has 0 radical (unpaired) electrons. The molecule has 3 aliphatic rings. The van der Waals surface area contributed by atoms with Crippen LogP contribution in [0.25, 0.3) is 0 Å². The van der Waals surface area contributed by atoms with Gasteiger partial charge in [-0.3, -0.25) is 0 Å². The number of hydrogen-bond donors (Lipinski definition) is 0. The molecule has 6 heteroatoms. The van der Waals surface area contributed by atoms with Gasteiger partial charge in [-0.2, -0.15) is 0 Å².